The molecule has 3 heteroatoms. The van der Waals surface area contributed by atoms with E-state index in [2.05, 4.69) is 11.4 Å². The van der Waals surface area contributed by atoms with E-state index in [0.29, 0.717) is 6.42 Å². The summed E-state index contributed by atoms with van der Waals surface area (Å²) in [4.78, 5) is 13.3. The van der Waals surface area contributed by atoms with Crippen LogP contribution in [0.4, 0.5) is 0 Å². The van der Waals surface area contributed by atoms with Crippen molar-refractivity contribution in [1.29, 1.82) is 0 Å². The van der Waals surface area contributed by atoms with E-state index in [1.165, 1.54) is 6.08 Å². The Hall–Kier alpha value is -1.30. The van der Waals surface area contributed by atoms with Gasteiger partial charge >= 0.3 is 11.9 Å². The molecule has 9 heavy (non-hydrogen) atoms. The van der Waals surface area contributed by atoms with Crippen LogP contribution in [0.3, 0.4) is 0 Å². The summed E-state index contributed by atoms with van der Waals surface area (Å²) in [5, 5.41) is 0. The summed E-state index contributed by atoms with van der Waals surface area (Å²) < 4.78 is 0. The molecule has 3 nitrogen and oxygen atoms in total. The van der Waals surface area contributed by atoms with Crippen LogP contribution in [-0.4, -0.2) is 11.9 Å². The summed E-state index contributed by atoms with van der Waals surface area (Å²) in [5.41, 5.74) is 4.83. The first-order valence-electron chi connectivity index (χ1n) is 2.49. The van der Waals surface area contributed by atoms with Crippen molar-refractivity contribution < 1.29 is 4.79 Å². The molecule has 2 N–H and O–H groups in total. The highest BCUT2D eigenvalue weighted by molar-refractivity contribution is 5.81. The van der Waals surface area contributed by atoms with E-state index < -0.39 is 11.9 Å². The van der Waals surface area contributed by atoms with Crippen molar-refractivity contribution in [1.82, 2.24) is 0 Å². The Morgan fingerprint density at radius 2 is 2.56 bits per heavy atom. The highest BCUT2D eigenvalue weighted by Gasteiger charge is 2.16. The lowest BCUT2D eigenvalue weighted by Crippen LogP contribution is -2.24. The van der Waals surface area contributed by atoms with Crippen LogP contribution in [0.25, 0.3) is 4.85 Å². The van der Waals surface area contributed by atoms with Crippen molar-refractivity contribution in [2.45, 2.75) is 12.5 Å². The Bertz CT molecular complexity index is 157. The standard InChI is InChI=1S/C6H8N2O/c1-3-4-5(8-2)6(7)9/h3,5H,1,4H2,(H2,7,9). The fourth-order valence-corrected chi connectivity index (χ4v) is 0.390. The van der Waals surface area contributed by atoms with Crippen molar-refractivity contribution >= 4 is 5.91 Å². The fourth-order valence-electron chi connectivity index (χ4n) is 0.390. The minimum atomic E-state index is -0.720. The molecule has 0 aliphatic heterocycles. The maximum absolute atomic E-state index is 10.3. The number of rotatable bonds is 3. The zero-order valence-corrected chi connectivity index (χ0v) is 5.00. The minimum absolute atomic E-state index is 0.346. The van der Waals surface area contributed by atoms with E-state index in [1.807, 2.05) is 0 Å². The van der Waals surface area contributed by atoms with E-state index in [9.17, 15) is 4.79 Å². The van der Waals surface area contributed by atoms with Crippen LogP contribution in [0.1, 0.15) is 6.42 Å². The van der Waals surface area contributed by atoms with Gasteiger partial charge in [-0.1, -0.05) is 6.08 Å². The molecule has 0 aromatic carbocycles. The largest absolute Gasteiger partial charge is 0.363 e. The second-order valence-corrected chi connectivity index (χ2v) is 1.57. The third-order valence-electron chi connectivity index (χ3n) is 0.874. The molecule has 0 aromatic heterocycles. The third-order valence-corrected chi connectivity index (χ3v) is 0.874. The Balaban J connectivity index is 3.86. The SMILES string of the molecule is [C-]#[N+]C(CC=C)C(N)=O. The first kappa shape index (κ1) is 7.70. The summed E-state index contributed by atoms with van der Waals surface area (Å²) in [6.45, 7) is 9.85. The zero-order chi connectivity index (χ0) is 7.28. The third kappa shape index (κ3) is 2.50. The van der Waals surface area contributed by atoms with Crippen molar-refractivity contribution in [2.24, 2.45) is 5.73 Å². The van der Waals surface area contributed by atoms with Gasteiger partial charge in [-0.2, -0.15) is 0 Å². The van der Waals surface area contributed by atoms with Gasteiger partial charge in [0, 0.05) is 0 Å². The second kappa shape index (κ2) is 3.67. The predicted octanol–water partition coefficient (Wildman–Crippen LogP) is 0.336. The predicted molar refractivity (Wildman–Crippen MR) is 34.4 cm³/mol. The number of amides is 1. The van der Waals surface area contributed by atoms with Crippen LogP contribution in [0.5, 0.6) is 0 Å². The fraction of sp³-hybridized carbons (Fsp3) is 0.333. The normalized spacial score (nSPS) is 11.4. The monoisotopic (exact) mass is 124 g/mol. The van der Waals surface area contributed by atoms with Gasteiger partial charge in [-0.15, -0.1) is 6.58 Å². The average molecular weight is 124 g/mol. The molecule has 0 aliphatic rings. The molecule has 0 bridgehead atoms. The van der Waals surface area contributed by atoms with Crippen LogP contribution in [0, 0.1) is 6.57 Å². The average Bonchev–Trinajstić information content (AvgIpc) is 1.82. The minimum Gasteiger partial charge on any atom is -0.363 e. The summed E-state index contributed by atoms with van der Waals surface area (Å²) in [7, 11) is 0. The van der Waals surface area contributed by atoms with E-state index in [-0.39, 0.29) is 0 Å². The Morgan fingerprint density at radius 1 is 2.00 bits per heavy atom. The number of hydrogen-bond donors (Lipinski definition) is 1. The number of nitrogens with zero attached hydrogens (tertiary/aromatic N) is 1. The Labute approximate surface area is 54.0 Å². The van der Waals surface area contributed by atoms with Crippen molar-refractivity contribution in [3.8, 4) is 0 Å². The van der Waals surface area contributed by atoms with Crippen LogP contribution in [0.15, 0.2) is 12.7 Å². The molecule has 0 fully saturated rings. The van der Waals surface area contributed by atoms with Gasteiger partial charge in [0.05, 0.1) is 6.42 Å². The van der Waals surface area contributed by atoms with Crippen molar-refractivity contribution in [3.63, 3.8) is 0 Å². The number of nitrogens with two attached hydrogens (primary N) is 1. The van der Waals surface area contributed by atoms with Gasteiger partial charge in [-0.25, -0.2) is 6.57 Å². The summed E-state index contributed by atoms with van der Waals surface area (Å²) in [5.74, 6) is -0.579. The number of carbonyl (C=O) groups excluding carboxylic acids is 1. The van der Waals surface area contributed by atoms with Crippen LogP contribution in [-0.2, 0) is 4.79 Å². The van der Waals surface area contributed by atoms with Crippen molar-refractivity contribution in [3.05, 3.63) is 24.1 Å². The van der Waals surface area contributed by atoms with Crippen LogP contribution >= 0.6 is 0 Å². The lowest BCUT2D eigenvalue weighted by molar-refractivity contribution is -0.118. The number of primary amides is 1. The van der Waals surface area contributed by atoms with Gasteiger partial charge in [0.1, 0.15) is 0 Å². The molecular weight excluding hydrogens is 116 g/mol. The Morgan fingerprint density at radius 3 is 2.67 bits per heavy atom. The van der Waals surface area contributed by atoms with Gasteiger partial charge in [0.2, 0.25) is 0 Å². The molecule has 1 amide bonds. The molecule has 0 saturated carbocycles. The van der Waals surface area contributed by atoms with Gasteiger partial charge in [-0.3, -0.25) is 4.79 Å². The van der Waals surface area contributed by atoms with E-state index in [1.54, 1.807) is 0 Å². The van der Waals surface area contributed by atoms with Crippen LogP contribution in [0.2, 0.25) is 0 Å². The maximum Gasteiger partial charge on any atom is 0.303 e. The summed E-state index contributed by atoms with van der Waals surface area (Å²) in [6, 6.07) is -0.720. The topological polar surface area (TPSA) is 47.5 Å². The van der Waals surface area contributed by atoms with E-state index in [4.69, 9.17) is 12.3 Å². The van der Waals surface area contributed by atoms with Gasteiger partial charge in [0.25, 0.3) is 0 Å². The second-order valence-electron chi connectivity index (χ2n) is 1.57. The molecule has 0 radical (unpaired) electrons. The first-order valence-corrected chi connectivity index (χ1v) is 2.49. The first-order chi connectivity index (χ1) is 4.22. The highest BCUT2D eigenvalue weighted by atomic mass is 16.1. The maximum atomic E-state index is 10.3. The molecule has 0 aromatic rings. The number of hydrogen-bond acceptors (Lipinski definition) is 1. The van der Waals surface area contributed by atoms with E-state index in [0.717, 1.165) is 0 Å². The summed E-state index contributed by atoms with van der Waals surface area (Å²) in [6.07, 6.45) is 1.85. The molecule has 1 unspecified atom stereocenters. The smallest absolute Gasteiger partial charge is 0.303 e. The summed E-state index contributed by atoms with van der Waals surface area (Å²) >= 11 is 0. The zero-order valence-electron chi connectivity index (χ0n) is 5.00. The molecule has 0 rings (SSSR count). The molecule has 0 saturated heterocycles. The molecule has 1 atom stereocenters. The highest BCUT2D eigenvalue weighted by Crippen LogP contribution is 1.95. The van der Waals surface area contributed by atoms with Gasteiger partial charge in [0.15, 0.2) is 0 Å². The lowest BCUT2D eigenvalue weighted by Gasteiger charge is -1.92. The molecule has 0 heterocycles. The number of carbonyl (C=O) groups is 1. The van der Waals surface area contributed by atoms with E-state index >= 15 is 0 Å². The molecule has 48 valence electrons. The van der Waals surface area contributed by atoms with Gasteiger partial charge < -0.3 is 10.6 Å². The van der Waals surface area contributed by atoms with Gasteiger partial charge in [-0.05, 0) is 0 Å². The molecular formula is C6H8N2O. The molecule has 0 aliphatic carbocycles. The Kier molecular flexibility index (Phi) is 3.14. The molecule has 0 spiro atoms. The van der Waals surface area contributed by atoms with Crippen molar-refractivity contribution in [2.75, 3.05) is 0 Å². The quantitative estimate of drug-likeness (QED) is 0.428. The van der Waals surface area contributed by atoms with Crippen LogP contribution < -0.4 is 5.73 Å². The lowest BCUT2D eigenvalue weighted by atomic mass is 10.2.